The van der Waals surface area contributed by atoms with Crippen molar-refractivity contribution in [1.82, 2.24) is 24.6 Å². The first kappa shape index (κ1) is 27.7. The Morgan fingerprint density at radius 3 is 2.66 bits per heavy atom. The number of pyridine rings is 1. The van der Waals surface area contributed by atoms with Crippen LogP contribution in [0.1, 0.15) is 29.5 Å². The van der Waals surface area contributed by atoms with Crippen LogP contribution < -0.4 is 10.2 Å². The van der Waals surface area contributed by atoms with E-state index >= 15 is 0 Å². The number of piperidine rings is 1. The summed E-state index contributed by atoms with van der Waals surface area (Å²) in [5.74, 6) is 0.866. The predicted octanol–water partition coefficient (Wildman–Crippen LogP) is 3.95. The Labute approximate surface area is 241 Å². The van der Waals surface area contributed by atoms with Gasteiger partial charge in [-0.2, -0.15) is 4.31 Å². The Bertz CT molecular complexity index is 1640. The molecule has 2 aromatic carbocycles. The molecule has 0 aliphatic carbocycles. The first-order valence-corrected chi connectivity index (χ1v) is 15.6. The highest BCUT2D eigenvalue weighted by Crippen LogP contribution is 2.34. The Kier molecular flexibility index (Phi) is 7.99. The van der Waals surface area contributed by atoms with Crippen molar-refractivity contribution in [2.24, 2.45) is 0 Å². The topological polar surface area (TPSA) is 101 Å². The van der Waals surface area contributed by atoms with Crippen molar-refractivity contribution < 1.29 is 13.2 Å². The Morgan fingerprint density at radius 1 is 1.02 bits per heavy atom. The standard InChI is InChI=1S/C31H36N6O3S/c1-22-16-25(24-4-3-10-32-19-24)18-29-30(22)34-21-35-31(29)36-12-7-23-5-6-28(17-26(23)20-36)41(38,39)37-13-8-27(9-14-37)33-11-15-40-2/h3-6,10,16-19,21,27,33H,7-9,11-15,20H2,1-2H3. The third kappa shape index (κ3) is 5.70. The summed E-state index contributed by atoms with van der Waals surface area (Å²) in [6.07, 6.45) is 7.67. The van der Waals surface area contributed by atoms with Crippen LogP contribution in [0.5, 0.6) is 0 Å². The maximum atomic E-state index is 13.6. The fraction of sp³-hybridized carbons (Fsp3) is 0.387. The summed E-state index contributed by atoms with van der Waals surface area (Å²) in [4.78, 5) is 16.2. The molecule has 0 atom stereocenters. The van der Waals surface area contributed by atoms with Crippen LogP contribution in [0.2, 0.25) is 0 Å². The highest BCUT2D eigenvalue weighted by molar-refractivity contribution is 7.89. The first-order valence-electron chi connectivity index (χ1n) is 14.2. The van der Waals surface area contributed by atoms with Crippen LogP contribution in [-0.4, -0.2) is 73.6 Å². The molecule has 0 bridgehead atoms. The molecule has 4 heterocycles. The summed E-state index contributed by atoms with van der Waals surface area (Å²) in [5.41, 5.74) is 6.33. The average Bonchev–Trinajstić information content (AvgIpc) is 3.01. The quantitative estimate of drug-likeness (QED) is 0.317. The van der Waals surface area contributed by atoms with Crippen LogP contribution in [-0.2, 0) is 27.7 Å². The first-order chi connectivity index (χ1) is 19.9. The van der Waals surface area contributed by atoms with Crippen molar-refractivity contribution in [1.29, 1.82) is 0 Å². The average molecular weight is 573 g/mol. The number of aryl methyl sites for hydroxylation is 1. The van der Waals surface area contributed by atoms with Gasteiger partial charge in [-0.3, -0.25) is 4.98 Å². The molecule has 0 amide bonds. The molecule has 9 nitrogen and oxygen atoms in total. The van der Waals surface area contributed by atoms with Gasteiger partial charge in [0.1, 0.15) is 12.1 Å². The van der Waals surface area contributed by atoms with Gasteiger partial charge in [0.15, 0.2) is 0 Å². The van der Waals surface area contributed by atoms with Crippen LogP contribution in [0.3, 0.4) is 0 Å². The lowest BCUT2D eigenvalue weighted by molar-refractivity contribution is 0.189. The number of nitrogens with zero attached hydrogens (tertiary/aromatic N) is 5. The van der Waals surface area contributed by atoms with Gasteiger partial charge in [-0.15, -0.1) is 0 Å². The van der Waals surface area contributed by atoms with Gasteiger partial charge in [-0.05, 0) is 78.8 Å². The maximum Gasteiger partial charge on any atom is 0.243 e. The lowest BCUT2D eigenvalue weighted by Gasteiger charge is -2.33. The van der Waals surface area contributed by atoms with Crippen LogP contribution >= 0.6 is 0 Å². The number of hydrogen-bond acceptors (Lipinski definition) is 8. The molecule has 0 spiro atoms. The molecule has 41 heavy (non-hydrogen) atoms. The number of ether oxygens (including phenoxy) is 1. The Hall–Kier alpha value is -3.44. The zero-order valence-corrected chi connectivity index (χ0v) is 24.4. The number of rotatable bonds is 8. The summed E-state index contributed by atoms with van der Waals surface area (Å²) >= 11 is 0. The summed E-state index contributed by atoms with van der Waals surface area (Å²) in [6.45, 7) is 5.92. The monoisotopic (exact) mass is 572 g/mol. The number of nitrogens with one attached hydrogen (secondary N) is 1. The normalized spacial score (nSPS) is 16.7. The molecule has 1 fully saturated rings. The van der Waals surface area contributed by atoms with Crippen molar-refractivity contribution in [3.63, 3.8) is 0 Å². The number of methoxy groups -OCH3 is 1. The maximum absolute atomic E-state index is 13.6. The van der Waals surface area contributed by atoms with Gasteiger partial charge in [-0.1, -0.05) is 12.1 Å². The van der Waals surface area contributed by atoms with Gasteiger partial charge in [0.25, 0.3) is 0 Å². The highest BCUT2D eigenvalue weighted by atomic mass is 32.2. The van der Waals surface area contributed by atoms with E-state index in [4.69, 9.17) is 9.72 Å². The molecule has 0 saturated carbocycles. The zero-order chi connectivity index (χ0) is 28.4. The number of aromatic nitrogens is 3. The van der Waals surface area contributed by atoms with Crippen LogP contribution in [0.4, 0.5) is 5.82 Å². The lowest BCUT2D eigenvalue weighted by Crippen LogP contribution is -2.45. The van der Waals surface area contributed by atoms with E-state index < -0.39 is 10.0 Å². The summed E-state index contributed by atoms with van der Waals surface area (Å²) in [6, 6.07) is 14.2. The number of fused-ring (bicyclic) bond motifs is 2. The second kappa shape index (κ2) is 11.8. The third-order valence-corrected chi connectivity index (χ3v) is 10.1. The molecule has 2 aliphatic heterocycles. The molecule has 2 aromatic heterocycles. The summed E-state index contributed by atoms with van der Waals surface area (Å²) < 4.78 is 34.0. The van der Waals surface area contributed by atoms with Gasteiger partial charge in [0.2, 0.25) is 10.0 Å². The van der Waals surface area contributed by atoms with Gasteiger partial charge in [-0.25, -0.2) is 18.4 Å². The van der Waals surface area contributed by atoms with Gasteiger partial charge < -0.3 is 15.0 Å². The minimum atomic E-state index is -3.57. The van der Waals surface area contributed by atoms with E-state index in [9.17, 15) is 8.42 Å². The van der Waals surface area contributed by atoms with E-state index in [1.807, 2.05) is 24.4 Å². The predicted molar refractivity (Wildman–Crippen MR) is 160 cm³/mol. The minimum absolute atomic E-state index is 0.318. The molecule has 1 N–H and O–H groups in total. The van der Waals surface area contributed by atoms with Crippen molar-refractivity contribution in [2.75, 3.05) is 44.8 Å². The molecular weight excluding hydrogens is 536 g/mol. The van der Waals surface area contributed by atoms with E-state index in [-0.39, 0.29) is 0 Å². The van der Waals surface area contributed by atoms with E-state index in [1.165, 1.54) is 5.56 Å². The number of benzene rings is 2. The van der Waals surface area contributed by atoms with Crippen molar-refractivity contribution in [3.8, 4) is 11.1 Å². The second-order valence-corrected chi connectivity index (χ2v) is 12.8. The SMILES string of the molecule is COCCNC1CCN(S(=O)(=O)c2ccc3c(c2)CN(c2ncnc4c(C)cc(-c5cccnc5)cc24)CC3)CC1. The molecule has 2 aliphatic rings. The lowest BCUT2D eigenvalue weighted by atomic mass is 9.98. The van der Waals surface area contributed by atoms with Crippen LogP contribution in [0.15, 0.2) is 66.1 Å². The van der Waals surface area contributed by atoms with E-state index in [2.05, 4.69) is 45.3 Å². The van der Waals surface area contributed by atoms with E-state index in [0.29, 0.717) is 37.2 Å². The number of sulfonamides is 1. The summed E-state index contributed by atoms with van der Waals surface area (Å²) in [5, 5.41) is 4.45. The Morgan fingerprint density at radius 2 is 1.88 bits per heavy atom. The van der Waals surface area contributed by atoms with E-state index in [0.717, 1.165) is 71.3 Å². The Balaban J connectivity index is 1.25. The van der Waals surface area contributed by atoms with Crippen LogP contribution in [0, 0.1) is 6.92 Å². The van der Waals surface area contributed by atoms with E-state index in [1.54, 1.807) is 30.0 Å². The molecule has 10 heteroatoms. The zero-order valence-electron chi connectivity index (χ0n) is 23.6. The van der Waals surface area contributed by atoms with Gasteiger partial charge in [0, 0.05) is 69.2 Å². The third-order valence-electron chi connectivity index (χ3n) is 8.22. The summed E-state index contributed by atoms with van der Waals surface area (Å²) in [7, 11) is -1.89. The molecule has 1 saturated heterocycles. The van der Waals surface area contributed by atoms with Crippen molar-refractivity contribution in [2.45, 2.75) is 43.7 Å². The molecule has 0 unspecified atom stereocenters. The van der Waals surface area contributed by atoms with Crippen molar-refractivity contribution in [3.05, 3.63) is 77.9 Å². The van der Waals surface area contributed by atoms with Gasteiger partial charge >= 0.3 is 0 Å². The molecule has 6 rings (SSSR count). The van der Waals surface area contributed by atoms with Crippen molar-refractivity contribution >= 4 is 26.7 Å². The fourth-order valence-corrected chi connectivity index (χ4v) is 7.49. The van der Waals surface area contributed by atoms with Gasteiger partial charge in [0.05, 0.1) is 17.0 Å². The van der Waals surface area contributed by atoms with Crippen LogP contribution in [0.25, 0.3) is 22.0 Å². The largest absolute Gasteiger partial charge is 0.383 e. The highest BCUT2D eigenvalue weighted by Gasteiger charge is 2.30. The molecule has 0 radical (unpaired) electrons. The molecule has 4 aromatic rings. The smallest absolute Gasteiger partial charge is 0.243 e. The fourth-order valence-electron chi connectivity index (χ4n) is 5.97. The number of hydrogen-bond donors (Lipinski definition) is 1. The molecular formula is C31H36N6O3S. The second-order valence-electron chi connectivity index (χ2n) is 10.9. The number of anilines is 1. The minimum Gasteiger partial charge on any atom is -0.383 e. The molecule has 214 valence electrons.